The Kier molecular flexibility index (Phi) is 3.38. The number of hydrogen-bond donors (Lipinski definition) is 0. The van der Waals surface area contributed by atoms with Gasteiger partial charge in [-0.1, -0.05) is 18.7 Å². The molecule has 0 bridgehead atoms. The molecule has 0 aromatic heterocycles. The molecule has 1 aliphatic heterocycles. The topological polar surface area (TPSA) is 52.6 Å². The van der Waals surface area contributed by atoms with Crippen molar-refractivity contribution in [1.29, 1.82) is 0 Å². The van der Waals surface area contributed by atoms with Gasteiger partial charge in [0.15, 0.2) is 5.41 Å². The first-order chi connectivity index (χ1) is 9.00. The van der Waals surface area contributed by atoms with Crippen molar-refractivity contribution in [3.8, 4) is 0 Å². The maximum absolute atomic E-state index is 13.0. The number of ether oxygens (including phenoxy) is 2. The second-order valence-corrected chi connectivity index (χ2v) is 4.41. The van der Waals surface area contributed by atoms with Crippen molar-refractivity contribution in [1.82, 2.24) is 0 Å². The summed E-state index contributed by atoms with van der Waals surface area (Å²) in [5.41, 5.74) is -0.640. The largest absolute Gasteiger partial charge is 0.468 e. The van der Waals surface area contributed by atoms with E-state index in [0.717, 1.165) is 0 Å². The summed E-state index contributed by atoms with van der Waals surface area (Å²) in [7, 11) is 1.19. The number of benzene rings is 1. The summed E-state index contributed by atoms with van der Waals surface area (Å²) >= 11 is 0. The highest BCUT2D eigenvalue weighted by atomic mass is 19.1. The molecule has 0 aliphatic carbocycles. The van der Waals surface area contributed by atoms with Crippen LogP contribution in [0.4, 0.5) is 4.39 Å². The van der Waals surface area contributed by atoms with Crippen LogP contribution in [0.25, 0.3) is 0 Å². The lowest BCUT2D eigenvalue weighted by molar-refractivity contribution is -0.165. The van der Waals surface area contributed by atoms with E-state index in [1.54, 1.807) is 0 Å². The standard InChI is InChI=1S/C14H13FO4/c1-9-7-14(12(16)18-2,13(17)19-8-9)10-3-5-11(15)6-4-10/h3-6H,1,7-8H2,2H3. The van der Waals surface area contributed by atoms with E-state index < -0.39 is 23.2 Å². The van der Waals surface area contributed by atoms with Crippen LogP contribution < -0.4 is 0 Å². The third-order valence-electron chi connectivity index (χ3n) is 3.14. The molecule has 0 spiro atoms. The van der Waals surface area contributed by atoms with Gasteiger partial charge in [0.05, 0.1) is 7.11 Å². The van der Waals surface area contributed by atoms with Gasteiger partial charge < -0.3 is 9.47 Å². The quantitative estimate of drug-likeness (QED) is 0.464. The summed E-state index contributed by atoms with van der Waals surface area (Å²) in [6, 6.07) is 5.13. The van der Waals surface area contributed by atoms with Crippen LogP contribution in [-0.4, -0.2) is 25.7 Å². The molecule has 1 aliphatic rings. The number of carbonyl (C=O) groups excluding carboxylic acids is 2. The van der Waals surface area contributed by atoms with Crippen LogP contribution in [0.3, 0.4) is 0 Å². The Morgan fingerprint density at radius 1 is 1.42 bits per heavy atom. The van der Waals surface area contributed by atoms with Crippen molar-refractivity contribution in [3.05, 3.63) is 47.8 Å². The molecule has 0 amide bonds. The Labute approximate surface area is 109 Å². The summed E-state index contributed by atoms with van der Waals surface area (Å²) in [6.07, 6.45) is 0.101. The summed E-state index contributed by atoms with van der Waals surface area (Å²) in [6.45, 7) is 3.83. The molecular weight excluding hydrogens is 251 g/mol. The van der Waals surface area contributed by atoms with Crippen molar-refractivity contribution in [3.63, 3.8) is 0 Å². The van der Waals surface area contributed by atoms with E-state index in [1.807, 2.05) is 0 Å². The van der Waals surface area contributed by atoms with Crippen LogP contribution in [-0.2, 0) is 24.5 Å². The van der Waals surface area contributed by atoms with Gasteiger partial charge in [0.1, 0.15) is 12.4 Å². The van der Waals surface area contributed by atoms with Gasteiger partial charge in [-0.2, -0.15) is 0 Å². The Morgan fingerprint density at radius 3 is 2.63 bits per heavy atom. The first kappa shape index (κ1) is 13.3. The summed E-state index contributed by atoms with van der Waals surface area (Å²) in [5.74, 6) is -1.88. The van der Waals surface area contributed by atoms with E-state index in [0.29, 0.717) is 11.1 Å². The Balaban J connectivity index is 2.56. The van der Waals surface area contributed by atoms with Crippen LogP contribution in [0.15, 0.2) is 36.4 Å². The average molecular weight is 264 g/mol. The molecule has 1 aromatic carbocycles. The fraction of sp³-hybridized carbons (Fsp3) is 0.286. The molecule has 2 rings (SSSR count). The summed E-state index contributed by atoms with van der Waals surface area (Å²) in [4.78, 5) is 24.2. The predicted molar refractivity (Wildman–Crippen MR) is 64.8 cm³/mol. The van der Waals surface area contributed by atoms with E-state index >= 15 is 0 Å². The lowest BCUT2D eigenvalue weighted by atomic mass is 9.74. The second-order valence-electron chi connectivity index (χ2n) is 4.41. The SMILES string of the molecule is C=C1COC(=O)C(C(=O)OC)(c2ccc(F)cc2)C1. The zero-order valence-corrected chi connectivity index (χ0v) is 10.4. The third-order valence-corrected chi connectivity index (χ3v) is 3.14. The number of esters is 2. The lowest BCUT2D eigenvalue weighted by Crippen LogP contribution is -2.49. The fourth-order valence-corrected chi connectivity index (χ4v) is 2.19. The summed E-state index contributed by atoms with van der Waals surface area (Å²) < 4.78 is 22.7. The maximum Gasteiger partial charge on any atom is 0.328 e. The van der Waals surface area contributed by atoms with Gasteiger partial charge in [-0.05, 0) is 23.3 Å². The van der Waals surface area contributed by atoms with Gasteiger partial charge in [0.25, 0.3) is 0 Å². The molecule has 0 N–H and O–H groups in total. The normalized spacial score (nSPS) is 22.8. The Hall–Kier alpha value is -2.17. The summed E-state index contributed by atoms with van der Waals surface area (Å²) in [5, 5.41) is 0. The lowest BCUT2D eigenvalue weighted by Gasteiger charge is -2.33. The minimum atomic E-state index is -1.59. The maximum atomic E-state index is 13.0. The zero-order valence-electron chi connectivity index (χ0n) is 10.4. The van der Waals surface area contributed by atoms with Crippen molar-refractivity contribution < 1.29 is 23.5 Å². The number of rotatable bonds is 2. The highest BCUT2D eigenvalue weighted by Gasteiger charge is 2.52. The van der Waals surface area contributed by atoms with Gasteiger partial charge >= 0.3 is 11.9 Å². The molecule has 1 heterocycles. The Bertz CT molecular complexity index is 525. The highest BCUT2D eigenvalue weighted by molar-refractivity contribution is 6.07. The minimum Gasteiger partial charge on any atom is -0.468 e. The second kappa shape index (κ2) is 4.84. The van der Waals surface area contributed by atoms with Crippen LogP contribution in [0.1, 0.15) is 12.0 Å². The fourth-order valence-electron chi connectivity index (χ4n) is 2.19. The first-order valence-electron chi connectivity index (χ1n) is 5.69. The predicted octanol–water partition coefficient (Wildman–Crippen LogP) is 1.74. The van der Waals surface area contributed by atoms with E-state index in [9.17, 15) is 14.0 Å². The number of hydrogen-bond acceptors (Lipinski definition) is 4. The minimum absolute atomic E-state index is 0.0821. The third kappa shape index (κ3) is 2.12. The van der Waals surface area contributed by atoms with Crippen molar-refractivity contribution >= 4 is 11.9 Å². The zero-order chi connectivity index (χ0) is 14.0. The van der Waals surface area contributed by atoms with Gasteiger partial charge in [0, 0.05) is 6.42 Å². The van der Waals surface area contributed by atoms with E-state index in [1.165, 1.54) is 31.4 Å². The molecule has 19 heavy (non-hydrogen) atoms. The molecule has 100 valence electrons. The average Bonchev–Trinajstić information content (AvgIpc) is 2.41. The monoisotopic (exact) mass is 264 g/mol. The van der Waals surface area contributed by atoms with E-state index in [4.69, 9.17) is 9.47 Å². The number of halogens is 1. The number of carbonyl (C=O) groups is 2. The highest BCUT2D eigenvalue weighted by Crippen LogP contribution is 2.37. The molecule has 1 atom stereocenters. The van der Waals surface area contributed by atoms with Crippen LogP contribution in [0.2, 0.25) is 0 Å². The Morgan fingerprint density at radius 2 is 2.05 bits per heavy atom. The van der Waals surface area contributed by atoms with Gasteiger partial charge in [-0.3, -0.25) is 9.59 Å². The van der Waals surface area contributed by atoms with E-state index in [2.05, 4.69) is 6.58 Å². The smallest absolute Gasteiger partial charge is 0.328 e. The molecule has 0 saturated carbocycles. The van der Waals surface area contributed by atoms with Crippen LogP contribution >= 0.6 is 0 Å². The molecule has 1 fully saturated rings. The molecular formula is C14H13FO4. The van der Waals surface area contributed by atoms with Crippen molar-refractivity contribution in [2.45, 2.75) is 11.8 Å². The number of cyclic esters (lactones) is 1. The molecule has 5 heteroatoms. The molecule has 1 saturated heterocycles. The van der Waals surface area contributed by atoms with Gasteiger partial charge in [-0.15, -0.1) is 0 Å². The molecule has 1 aromatic rings. The molecule has 0 radical (unpaired) electrons. The van der Waals surface area contributed by atoms with E-state index in [-0.39, 0.29) is 13.0 Å². The number of methoxy groups -OCH3 is 1. The first-order valence-corrected chi connectivity index (χ1v) is 5.69. The molecule has 1 unspecified atom stereocenters. The van der Waals surface area contributed by atoms with Crippen molar-refractivity contribution in [2.24, 2.45) is 0 Å². The van der Waals surface area contributed by atoms with Gasteiger partial charge in [-0.25, -0.2) is 4.39 Å². The van der Waals surface area contributed by atoms with Gasteiger partial charge in [0.2, 0.25) is 0 Å². The van der Waals surface area contributed by atoms with Crippen molar-refractivity contribution in [2.75, 3.05) is 13.7 Å². The molecule has 4 nitrogen and oxygen atoms in total. The van der Waals surface area contributed by atoms with Crippen LogP contribution in [0, 0.1) is 5.82 Å². The van der Waals surface area contributed by atoms with Crippen LogP contribution in [0.5, 0.6) is 0 Å².